The molecule has 3 nitrogen and oxygen atoms in total. The van der Waals surface area contributed by atoms with Crippen LogP contribution in [-0.2, 0) is 13.0 Å². The van der Waals surface area contributed by atoms with Crippen molar-refractivity contribution in [3.63, 3.8) is 0 Å². The highest BCUT2D eigenvalue weighted by atomic mass is 15.4. The number of rotatable bonds is 6. The highest BCUT2D eigenvalue weighted by Gasteiger charge is 2.07. The SMILES string of the molecule is CCc1cn(CCC(C)c2ccc(C(C)C)cc2)nn1. The van der Waals surface area contributed by atoms with Gasteiger partial charge < -0.3 is 0 Å². The second kappa shape index (κ2) is 6.69. The number of aryl methyl sites for hydroxylation is 2. The highest BCUT2D eigenvalue weighted by Crippen LogP contribution is 2.22. The van der Waals surface area contributed by atoms with Crippen LogP contribution in [0.25, 0.3) is 0 Å². The van der Waals surface area contributed by atoms with E-state index in [0.29, 0.717) is 11.8 Å². The molecule has 0 aliphatic heterocycles. The van der Waals surface area contributed by atoms with Gasteiger partial charge in [0.25, 0.3) is 0 Å². The van der Waals surface area contributed by atoms with E-state index in [1.165, 1.54) is 11.1 Å². The fourth-order valence-corrected chi connectivity index (χ4v) is 2.31. The lowest BCUT2D eigenvalue weighted by molar-refractivity contribution is 0.519. The van der Waals surface area contributed by atoms with Crippen molar-refractivity contribution < 1.29 is 0 Å². The Hall–Kier alpha value is -1.64. The average molecular weight is 271 g/mol. The summed E-state index contributed by atoms with van der Waals surface area (Å²) in [6.45, 7) is 9.78. The molecule has 20 heavy (non-hydrogen) atoms. The fourth-order valence-electron chi connectivity index (χ4n) is 2.31. The van der Waals surface area contributed by atoms with Crippen LogP contribution < -0.4 is 0 Å². The standard InChI is InChI=1S/C17H25N3/c1-5-17-12-20(19-18-17)11-10-14(4)16-8-6-15(7-9-16)13(2)3/h6-9,12-14H,5,10-11H2,1-4H3. The minimum absolute atomic E-state index is 0.547. The maximum absolute atomic E-state index is 4.16. The summed E-state index contributed by atoms with van der Waals surface area (Å²) in [5, 5.41) is 8.29. The number of aromatic nitrogens is 3. The molecule has 2 aromatic rings. The van der Waals surface area contributed by atoms with Crippen molar-refractivity contribution in [2.75, 3.05) is 0 Å². The van der Waals surface area contributed by atoms with Gasteiger partial charge in [-0.15, -0.1) is 5.10 Å². The summed E-state index contributed by atoms with van der Waals surface area (Å²) in [6.07, 6.45) is 4.09. The zero-order valence-electron chi connectivity index (χ0n) is 13.0. The largest absolute Gasteiger partial charge is 0.252 e. The Morgan fingerprint density at radius 3 is 2.25 bits per heavy atom. The van der Waals surface area contributed by atoms with Crippen molar-refractivity contribution in [3.8, 4) is 0 Å². The van der Waals surface area contributed by atoms with Crippen molar-refractivity contribution in [1.82, 2.24) is 15.0 Å². The third kappa shape index (κ3) is 3.69. The molecule has 1 aromatic carbocycles. The predicted molar refractivity (Wildman–Crippen MR) is 83.0 cm³/mol. The van der Waals surface area contributed by atoms with E-state index in [9.17, 15) is 0 Å². The van der Waals surface area contributed by atoms with Gasteiger partial charge in [0.05, 0.1) is 5.69 Å². The van der Waals surface area contributed by atoms with Crippen molar-refractivity contribution in [2.45, 2.75) is 58.9 Å². The van der Waals surface area contributed by atoms with Crippen molar-refractivity contribution in [1.29, 1.82) is 0 Å². The summed E-state index contributed by atoms with van der Waals surface area (Å²) < 4.78 is 1.96. The normalized spacial score (nSPS) is 12.8. The number of hydrogen-bond acceptors (Lipinski definition) is 2. The molecule has 1 atom stereocenters. The first-order valence-corrected chi connectivity index (χ1v) is 7.59. The molecule has 0 amide bonds. The van der Waals surface area contributed by atoms with Crippen LogP contribution in [-0.4, -0.2) is 15.0 Å². The Morgan fingerprint density at radius 2 is 1.70 bits per heavy atom. The van der Waals surface area contributed by atoms with E-state index in [1.54, 1.807) is 0 Å². The Bertz CT molecular complexity index is 525. The molecular weight excluding hydrogens is 246 g/mol. The maximum atomic E-state index is 4.16. The lowest BCUT2D eigenvalue weighted by Crippen LogP contribution is -2.04. The summed E-state index contributed by atoms with van der Waals surface area (Å²) in [4.78, 5) is 0. The first-order valence-electron chi connectivity index (χ1n) is 7.59. The van der Waals surface area contributed by atoms with Crippen LogP contribution in [0.2, 0.25) is 0 Å². The quantitative estimate of drug-likeness (QED) is 0.790. The molecule has 1 unspecified atom stereocenters. The summed E-state index contributed by atoms with van der Waals surface area (Å²) in [7, 11) is 0. The lowest BCUT2D eigenvalue weighted by atomic mass is 9.94. The summed E-state index contributed by atoms with van der Waals surface area (Å²) in [5.74, 6) is 1.15. The van der Waals surface area contributed by atoms with Crippen molar-refractivity contribution in [3.05, 3.63) is 47.3 Å². The van der Waals surface area contributed by atoms with Gasteiger partial charge in [0.1, 0.15) is 0 Å². The van der Waals surface area contributed by atoms with Crippen LogP contribution in [0.3, 0.4) is 0 Å². The van der Waals surface area contributed by atoms with Crippen LogP contribution in [0, 0.1) is 0 Å². The van der Waals surface area contributed by atoms with E-state index >= 15 is 0 Å². The molecule has 1 heterocycles. The van der Waals surface area contributed by atoms with Gasteiger partial charge in [0.2, 0.25) is 0 Å². The van der Waals surface area contributed by atoms with Gasteiger partial charge in [-0.1, -0.05) is 57.2 Å². The van der Waals surface area contributed by atoms with Gasteiger partial charge in [-0.3, -0.25) is 4.68 Å². The zero-order valence-corrected chi connectivity index (χ0v) is 13.0. The van der Waals surface area contributed by atoms with Crippen molar-refractivity contribution in [2.24, 2.45) is 0 Å². The van der Waals surface area contributed by atoms with E-state index < -0.39 is 0 Å². The summed E-state index contributed by atoms with van der Waals surface area (Å²) in [6, 6.07) is 9.03. The zero-order chi connectivity index (χ0) is 14.5. The Morgan fingerprint density at radius 1 is 1.05 bits per heavy atom. The molecule has 3 heteroatoms. The fraction of sp³-hybridized carbons (Fsp3) is 0.529. The molecule has 0 N–H and O–H groups in total. The molecular formula is C17H25N3. The van der Waals surface area contributed by atoms with E-state index in [4.69, 9.17) is 0 Å². The lowest BCUT2D eigenvalue weighted by Gasteiger charge is -2.13. The molecule has 0 fully saturated rings. The van der Waals surface area contributed by atoms with E-state index in [0.717, 1.165) is 25.1 Å². The van der Waals surface area contributed by atoms with Gasteiger partial charge in [0.15, 0.2) is 0 Å². The van der Waals surface area contributed by atoms with Crippen LogP contribution in [0.5, 0.6) is 0 Å². The number of nitrogens with zero attached hydrogens (tertiary/aromatic N) is 3. The molecule has 0 aliphatic rings. The van der Waals surface area contributed by atoms with E-state index in [-0.39, 0.29) is 0 Å². The van der Waals surface area contributed by atoms with Gasteiger partial charge in [0, 0.05) is 12.7 Å². The monoisotopic (exact) mass is 271 g/mol. The van der Waals surface area contributed by atoms with Crippen LogP contribution >= 0.6 is 0 Å². The van der Waals surface area contributed by atoms with Gasteiger partial charge in [-0.05, 0) is 35.8 Å². The van der Waals surface area contributed by atoms with Crippen LogP contribution in [0.15, 0.2) is 30.5 Å². The van der Waals surface area contributed by atoms with Crippen LogP contribution in [0.4, 0.5) is 0 Å². The topological polar surface area (TPSA) is 30.7 Å². The van der Waals surface area contributed by atoms with Gasteiger partial charge >= 0.3 is 0 Å². The second-order valence-corrected chi connectivity index (χ2v) is 5.84. The minimum atomic E-state index is 0.547. The molecule has 0 bridgehead atoms. The van der Waals surface area contributed by atoms with E-state index in [1.807, 2.05) is 4.68 Å². The highest BCUT2D eigenvalue weighted by molar-refractivity contribution is 5.26. The number of benzene rings is 1. The van der Waals surface area contributed by atoms with E-state index in [2.05, 4.69) is 68.5 Å². The molecule has 0 saturated heterocycles. The second-order valence-electron chi connectivity index (χ2n) is 5.84. The molecule has 0 radical (unpaired) electrons. The molecule has 1 aromatic heterocycles. The first kappa shape index (κ1) is 14.8. The predicted octanol–water partition coefficient (Wildman–Crippen LogP) is 4.16. The maximum Gasteiger partial charge on any atom is 0.0824 e. The Labute approximate surface area is 122 Å². The first-order chi connectivity index (χ1) is 9.60. The Kier molecular flexibility index (Phi) is 4.94. The molecule has 0 spiro atoms. The summed E-state index contributed by atoms with van der Waals surface area (Å²) in [5.41, 5.74) is 3.88. The van der Waals surface area contributed by atoms with Gasteiger partial charge in [-0.25, -0.2) is 0 Å². The number of hydrogen-bond donors (Lipinski definition) is 0. The van der Waals surface area contributed by atoms with Gasteiger partial charge in [-0.2, -0.15) is 0 Å². The molecule has 108 valence electrons. The smallest absolute Gasteiger partial charge is 0.0824 e. The summed E-state index contributed by atoms with van der Waals surface area (Å²) >= 11 is 0. The third-order valence-corrected chi connectivity index (χ3v) is 3.91. The molecule has 0 aliphatic carbocycles. The third-order valence-electron chi connectivity index (χ3n) is 3.91. The van der Waals surface area contributed by atoms with Crippen LogP contribution in [0.1, 0.15) is 62.8 Å². The molecule has 0 saturated carbocycles. The average Bonchev–Trinajstić information content (AvgIpc) is 2.93. The van der Waals surface area contributed by atoms with Crippen molar-refractivity contribution >= 4 is 0 Å². The molecule has 2 rings (SSSR count). The minimum Gasteiger partial charge on any atom is -0.252 e. The Balaban J connectivity index is 1.92.